The lowest BCUT2D eigenvalue weighted by Crippen LogP contribution is -2.01. The first-order valence-corrected chi connectivity index (χ1v) is 17.2. The zero-order valence-electron chi connectivity index (χ0n) is 27.6. The molecule has 0 spiro atoms. The van der Waals surface area contributed by atoms with Gasteiger partial charge in [0.25, 0.3) is 0 Å². The molecule has 0 aliphatic rings. The Morgan fingerprint density at radius 3 is 2.00 bits per heavy atom. The molecule has 0 amide bonds. The first-order valence-electron chi connectivity index (χ1n) is 17.2. The molecule has 0 fully saturated rings. The zero-order valence-corrected chi connectivity index (χ0v) is 27.6. The highest BCUT2D eigenvalue weighted by Crippen LogP contribution is 2.41. The molecule has 0 aliphatic carbocycles. The number of aromatic nitrogens is 4. The molecule has 0 bridgehead atoms. The number of pyridine rings is 1. The van der Waals surface area contributed by atoms with Gasteiger partial charge in [0.05, 0.1) is 5.52 Å². The van der Waals surface area contributed by atoms with E-state index in [9.17, 15) is 0 Å². The Kier molecular flexibility index (Phi) is 6.15. The van der Waals surface area contributed by atoms with Crippen LogP contribution in [0.1, 0.15) is 0 Å². The molecule has 6 nitrogen and oxygen atoms in total. The van der Waals surface area contributed by atoms with Gasteiger partial charge >= 0.3 is 0 Å². The van der Waals surface area contributed by atoms with E-state index in [-0.39, 0.29) is 0 Å². The average molecular weight is 667 g/mol. The Labute approximate surface area is 296 Å². The van der Waals surface area contributed by atoms with E-state index in [1.165, 1.54) is 0 Å². The number of hydrogen-bond donors (Lipinski definition) is 0. The molecule has 7 aromatic carbocycles. The van der Waals surface area contributed by atoms with Crippen molar-refractivity contribution < 1.29 is 8.83 Å². The third kappa shape index (κ3) is 4.51. The van der Waals surface area contributed by atoms with Gasteiger partial charge in [-0.25, -0.2) is 15.0 Å². The SMILES string of the molecule is c1ccc(-c2nc(-c3ccc4c(c3)oc3ccccc34)nc(-c3cc(-c4cccc5oc6cc7cccnc7cc6c45)cc4ccccc34)n2)cc1. The van der Waals surface area contributed by atoms with Crippen molar-refractivity contribution in [1.82, 2.24) is 19.9 Å². The largest absolute Gasteiger partial charge is 0.456 e. The summed E-state index contributed by atoms with van der Waals surface area (Å²) in [6.07, 6.45) is 1.83. The van der Waals surface area contributed by atoms with Crippen molar-refractivity contribution in [3.8, 4) is 45.3 Å². The summed E-state index contributed by atoms with van der Waals surface area (Å²) in [6.45, 7) is 0. The van der Waals surface area contributed by atoms with Crippen LogP contribution in [0.2, 0.25) is 0 Å². The minimum atomic E-state index is 0.572. The fraction of sp³-hybridized carbons (Fsp3) is 0. The molecule has 0 radical (unpaired) electrons. The summed E-state index contributed by atoms with van der Waals surface area (Å²) in [6, 6.07) is 51.6. The lowest BCUT2D eigenvalue weighted by molar-refractivity contribution is 0.669. The first kappa shape index (κ1) is 28.6. The van der Waals surface area contributed by atoms with E-state index < -0.39 is 0 Å². The van der Waals surface area contributed by atoms with E-state index in [0.29, 0.717) is 17.5 Å². The highest BCUT2D eigenvalue weighted by Gasteiger charge is 2.19. The van der Waals surface area contributed by atoms with Gasteiger partial charge in [0, 0.05) is 49.8 Å². The second-order valence-corrected chi connectivity index (χ2v) is 13.1. The molecule has 11 rings (SSSR count). The quantitative estimate of drug-likeness (QED) is 0.186. The average Bonchev–Trinajstić information content (AvgIpc) is 3.77. The molecule has 0 atom stereocenters. The number of nitrogens with zero attached hydrogens (tertiary/aromatic N) is 4. The third-order valence-electron chi connectivity index (χ3n) is 9.94. The standard InChI is InChI=1S/C46H26N4O2/c1-2-10-27(11-3-1)44-48-45(30-19-20-35-34-15-6-7-17-39(34)51-41(35)25-30)50-46(49-44)36-23-31(22-28-12-4-5-14-32(28)36)33-16-8-18-40-43(33)37-26-38-29(13-9-21-47-38)24-42(37)52-40/h1-26H. The summed E-state index contributed by atoms with van der Waals surface area (Å²) in [7, 11) is 0. The van der Waals surface area contributed by atoms with E-state index in [0.717, 1.165) is 93.4 Å². The highest BCUT2D eigenvalue weighted by atomic mass is 16.3. The number of fused-ring (bicyclic) bond motifs is 8. The second kappa shape index (κ2) is 11.2. The summed E-state index contributed by atoms with van der Waals surface area (Å²) in [4.78, 5) is 20.0. The maximum Gasteiger partial charge on any atom is 0.164 e. The monoisotopic (exact) mass is 666 g/mol. The Morgan fingerprint density at radius 2 is 1.08 bits per heavy atom. The van der Waals surface area contributed by atoms with Crippen LogP contribution in [0.25, 0.3) is 111 Å². The van der Waals surface area contributed by atoms with Crippen LogP contribution < -0.4 is 0 Å². The third-order valence-corrected chi connectivity index (χ3v) is 9.94. The van der Waals surface area contributed by atoms with Crippen LogP contribution in [-0.2, 0) is 0 Å². The van der Waals surface area contributed by atoms with Gasteiger partial charge in [-0.15, -0.1) is 0 Å². The molecule has 0 aliphatic heterocycles. The Bertz CT molecular complexity index is 3200. The van der Waals surface area contributed by atoms with E-state index in [1.807, 2.05) is 72.9 Å². The summed E-state index contributed by atoms with van der Waals surface area (Å²) < 4.78 is 12.7. The Morgan fingerprint density at radius 1 is 0.365 bits per heavy atom. The van der Waals surface area contributed by atoms with Crippen LogP contribution in [0.5, 0.6) is 0 Å². The van der Waals surface area contributed by atoms with E-state index in [1.54, 1.807) is 0 Å². The number of hydrogen-bond acceptors (Lipinski definition) is 6. The van der Waals surface area contributed by atoms with Gasteiger partial charge in [-0.1, -0.05) is 97.1 Å². The minimum absolute atomic E-state index is 0.572. The lowest BCUT2D eigenvalue weighted by atomic mass is 9.93. The topological polar surface area (TPSA) is 77.8 Å². The van der Waals surface area contributed by atoms with E-state index in [4.69, 9.17) is 23.8 Å². The molecule has 52 heavy (non-hydrogen) atoms. The van der Waals surface area contributed by atoms with Gasteiger partial charge in [0.15, 0.2) is 17.5 Å². The predicted octanol–water partition coefficient (Wildman–Crippen LogP) is 12.0. The van der Waals surface area contributed by atoms with Crippen LogP contribution in [0.3, 0.4) is 0 Å². The number of benzene rings is 7. The van der Waals surface area contributed by atoms with Crippen molar-refractivity contribution in [2.45, 2.75) is 0 Å². The van der Waals surface area contributed by atoms with Gasteiger partial charge in [-0.05, 0) is 76.5 Å². The van der Waals surface area contributed by atoms with Crippen LogP contribution in [0.15, 0.2) is 167 Å². The fourth-order valence-corrected chi connectivity index (χ4v) is 7.49. The van der Waals surface area contributed by atoms with Crippen molar-refractivity contribution in [2.75, 3.05) is 0 Å². The fourth-order valence-electron chi connectivity index (χ4n) is 7.49. The minimum Gasteiger partial charge on any atom is -0.456 e. The van der Waals surface area contributed by atoms with E-state index in [2.05, 4.69) is 89.9 Å². The molecule has 4 heterocycles. The van der Waals surface area contributed by atoms with Gasteiger partial charge in [0.2, 0.25) is 0 Å². The molecule has 0 saturated heterocycles. The molecule has 0 unspecified atom stereocenters. The smallest absolute Gasteiger partial charge is 0.164 e. The molecule has 6 heteroatoms. The van der Waals surface area contributed by atoms with Crippen LogP contribution in [0.4, 0.5) is 0 Å². The molecule has 0 saturated carbocycles. The molecule has 242 valence electrons. The lowest BCUT2D eigenvalue weighted by Gasteiger charge is -2.13. The van der Waals surface area contributed by atoms with Crippen LogP contribution in [0, 0.1) is 0 Å². The summed E-state index contributed by atoms with van der Waals surface area (Å²) >= 11 is 0. The van der Waals surface area contributed by atoms with Gasteiger partial charge in [-0.2, -0.15) is 0 Å². The van der Waals surface area contributed by atoms with Crippen molar-refractivity contribution >= 4 is 65.6 Å². The summed E-state index contributed by atoms with van der Waals surface area (Å²) in [5.41, 5.74) is 9.00. The highest BCUT2D eigenvalue weighted by molar-refractivity contribution is 6.16. The zero-order chi connectivity index (χ0) is 34.2. The maximum atomic E-state index is 6.44. The molecular formula is C46H26N4O2. The summed E-state index contributed by atoms with van der Waals surface area (Å²) in [5.74, 6) is 1.76. The number of rotatable bonds is 4. The van der Waals surface area contributed by atoms with Crippen LogP contribution >= 0.6 is 0 Å². The van der Waals surface area contributed by atoms with Gasteiger partial charge in [-0.3, -0.25) is 4.98 Å². The summed E-state index contributed by atoms with van der Waals surface area (Å²) in [5, 5.41) is 7.39. The molecule has 0 N–H and O–H groups in total. The second-order valence-electron chi connectivity index (χ2n) is 13.1. The Hall–Kier alpha value is -7.18. The van der Waals surface area contributed by atoms with Crippen LogP contribution in [-0.4, -0.2) is 19.9 Å². The normalized spacial score (nSPS) is 11.8. The maximum absolute atomic E-state index is 6.44. The van der Waals surface area contributed by atoms with Gasteiger partial charge < -0.3 is 8.83 Å². The predicted molar refractivity (Wildman–Crippen MR) is 209 cm³/mol. The molecule has 4 aromatic heterocycles. The van der Waals surface area contributed by atoms with Crippen molar-refractivity contribution in [1.29, 1.82) is 0 Å². The Balaban J connectivity index is 1.15. The van der Waals surface area contributed by atoms with Crippen molar-refractivity contribution in [3.63, 3.8) is 0 Å². The number of furan rings is 2. The molecular weight excluding hydrogens is 641 g/mol. The van der Waals surface area contributed by atoms with Gasteiger partial charge in [0.1, 0.15) is 22.3 Å². The van der Waals surface area contributed by atoms with Crippen molar-refractivity contribution in [3.05, 3.63) is 158 Å². The van der Waals surface area contributed by atoms with Crippen molar-refractivity contribution in [2.24, 2.45) is 0 Å². The molecule has 11 aromatic rings. The van der Waals surface area contributed by atoms with E-state index >= 15 is 0 Å². The number of para-hydroxylation sites is 1. The first-order chi connectivity index (χ1) is 25.7.